The van der Waals surface area contributed by atoms with Gasteiger partial charge in [0.2, 0.25) is 5.91 Å². The summed E-state index contributed by atoms with van der Waals surface area (Å²) in [5.74, 6) is -0.300. The second kappa shape index (κ2) is 6.50. The number of carbonyl (C=O) groups is 2. The van der Waals surface area contributed by atoms with E-state index in [0.717, 1.165) is 11.1 Å². The molecule has 2 aromatic rings. The van der Waals surface area contributed by atoms with Crippen molar-refractivity contribution >= 4 is 29.1 Å². The third kappa shape index (κ3) is 4.13. The summed E-state index contributed by atoms with van der Waals surface area (Å²) < 4.78 is 0. The van der Waals surface area contributed by atoms with Gasteiger partial charge in [-0.15, -0.1) is 0 Å². The summed E-state index contributed by atoms with van der Waals surface area (Å²) in [6, 6.07) is 10.3. The Morgan fingerprint density at radius 3 is 2.57 bits per heavy atom. The van der Waals surface area contributed by atoms with Crippen molar-refractivity contribution < 1.29 is 9.59 Å². The number of anilines is 1. The van der Waals surface area contributed by atoms with Crippen molar-refractivity contribution in [2.45, 2.75) is 20.3 Å². The lowest BCUT2D eigenvalue weighted by molar-refractivity contribution is -0.115. The highest BCUT2D eigenvalue weighted by atomic mass is 35.5. The van der Waals surface area contributed by atoms with Crippen molar-refractivity contribution in [3.05, 3.63) is 58.2 Å². The number of ketones is 1. The first-order valence-corrected chi connectivity index (χ1v) is 6.86. The molecule has 1 N–H and O–H groups in total. The zero-order valence-electron chi connectivity index (χ0n) is 11.8. The fourth-order valence-corrected chi connectivity index (χ4v) is 1.99. The molecule has 5 heteroatoms. The van der Waals surface area contributed by atoms with Crippen LogP contribution in [0, 0.1) is 13.8 Å². The molecule has 2 rings (SSSR count). The van der Waals surface area contributed by atoms with Gasteiger partial charge in [0.1, 0.15) is 11.0 Å². The van der Waals surface area contributed by atoms with Gasteiger partial charge in [-0.05, 0) is 43.2 Å². The first-order chi connectivity index (χ1) is 9.95. The largest absolute Gasteiger partial charge is 0.310 e. The van der Waals surface area contributed by atoms with E-state index in [1.54, 1.807) is 30.3 Å². The van der Waals surface area contributed by atoms with Gasteiger partial charge in [-0.2, -0.15) is 0 Å². The third-order valence-corrected chi connectivity index (χ3v) is 3.34. The van der Waals surface area contributed by atoms with Crippen LogP contribution in [0.5, 0.6) is 0 Å². The van der Waals surface area contributed by atoms with E-state index in [-0.39, 0.29) is 17.4 Å². The molecule has 0 bridgehead atoms. The number of aryl methyl sites for hydroxylation is 2. The van der Waals surface area contributed by atoms with Crippen LogP contribution in [-0.4, -0.2) is 16.7 Å². The quantitative estimate of drug-likeness (QED) is 0.533. The van der Waals surface area contributed by atoms with E-state index in [1.165, 1.54) is 0 Å². The van der Waals surface area contributed by atoms with Crippen LogP contribution in [0.1, 0.15) is 27.9 Å². The molecule has 0 radical (unpaired) electrons. The number of carbonyl (C=O) groups excluding carboxylic acids is 2. The van der Waals surface area contributed by atoms with Gasteiger partial charge in [-0.25, -0.2) is 4.98 Å². The topological polar surface area (TPSA) is 59.1 Å². The summed E-state index contributed by atoms with van der Waals surface area (Å²) in [6.45, 7) is 3.91. The summed E-state index contributed by atoms with van der Waals surface area (Å²) in [4.78, 5) is 27.9. The van der Waals surface area contributed by atoms with Gasteiger partial charge in [0.05, 0.1) is 6.42 Å². The molecule has 0 aliphatic carbocycles. The molecular formula is C16H15ClN2O2. The number of hydrogen-bond acceptors (Lipinski definition) is 3. The van der Waals surface area contributed by atoms with Crippen LogP contribution in [-0.2, 0) is 4.79 Å². The zero-order valence-corrected chi connectivity index (χ0v) is 12.6. The molecule has 108 valence electrons. The van der Waals surface area contributed by atoms with Crippen LogP contribution in [0.15, 0.2) is 36.4 Å². The van der Waals surface area contributed by atoms with Crippen LogP contribution >= 0.6 is 11.6 Å². The molecule has 21 heavy (non-hydrogen) atoms. The SMILES string of the molecule is Cc1ccc(C(=O)CC(=O)Nc2cccc(Cl)n2)cc1C. The first-order valence-electron chi connectivity index (χ1n) is 6.48. The number of nitrogens with one attached hydrogen (secondary N) is 1. The standard InChI is InChI=1S/C16H15ClN2O2/c1-10-6-7-12(8-11(10)2)13(20)9-16(21)19-15-5-3-4-14(17)18-15/h3-8H,9H2,1-2H3,(H,18,19,21). The second-order valence-electron chi connectivity index (χ2n) is 4.79. The van der Waals surface area contributed by atoms with E-state index >= 15 is 0 Å². The fraction of sp³-hybridized carbons (Fsp3) is 0.188. The van der Waals surface area contributed by atoms with Crippen molar-refractivity contribution in [2.75, 3.05) is 5.32 Å². The van der Waals surface area contributed by atoms with Crippen LogP contribution in [0.25, 0.3) is 0 Å². The Labute approximate surface area is 128 Å². The van der Waals surface area contributed by atoms with Gasteiger partial charge in [0.25, 0.3) is 0 Å². The van der Waals surface area contributed by atoms with Crippen molar-refractivity contribution in [3.63, 3.8) is 0 Å². The van der Waals surface area contributed by atoms with E-state index in [2.05, 4.69) is 10.3 Å². The monoisotopic (exact) mass is 302 g/mol. The minimum absolute atomic E-state index is 0.224. The Balaban J connectivity index is 2.02. The number of benzene rings is 1. The normalized spacial score (nSPS) is 10.2. The first kappa shape index (κ1) is 15.2. The van der Waals surface area contributed by atoms with Crippen molar-refractivity contribution in [1.82, 2.24) is 4.98 Å². The summed E-state index contributed by atoms with van der Waals surface area (Å²) >= 11 is 5.73. The number of rotatable bonds is 4. The molecule has 1 amide bonds. The van der Waals surface area contributed by atoms with E-state index in [4.69, 9.17) is 11.6 Å². The molecule has 1 heterocycles. The van der Waals surface area contributed by atoms with Gasteiger partial charge >= 0.3 is 0 Å². The molecule has 0 fully saturated rings. The Morgan fingerprint density at radius 1 is 1.14 bits per heavy atom. The van der Waals surface area contributed by atoms with Gasteiger partial charge in [0, 0.05) is 5.56 Å². The van der Waals surface area contributed by atoms with Gasteiger partial charge in [-0.3, -0.25) is 9.59 Å². The molecule has 0 aliphatic rings. The van der Waals surface area contributed by atoms with Gasteiger partial charge in [0.15, 0.2) is 5.78 Å². The zero-order chi connectivity index (χ0) is 15.4. The highest BCUT2D eigenvalue weighted by Crippen LogP contribution is 2.13. The highest BCUT2D eigenvalue weighted by molar-refractivity contribution is 6.29. The Hall–Kier alpha value is -2.20. The number of Topliss-reactive ketones (excluding diaryl/α,β-unsaturated/α-hetero) is 1. The molecule has 4 nitrogen and oxygen atoms in total. The molecule has 0 spiro atoms. The van der Waals surface area contributed by atoms with E-state index < -0.39 is 5.91 Å². The number of amides is 1. The van der Waals surface area contributed by atoms with Crippen LogP contribution < -0.4 is 5.32 Å². The predicted molar refractivity (Wildman–Crippen MR) is 82.7 cm³/mol. The lowest BCUT2D eigenvalue weighted by Gasteiger charge is -2.06. The average molecular weight is 303 g/mol. The lowest BCUT2D eigenvalue weighted by Crippen LogP contribution is -2.17. The molecular weight excluding hydrogens is 288 g/mol. The molecule has 0 saturated heterocycles. The maximum Gasteiger partial charge on any atom is 0.233 e. The molecule has 0 atom stereocenters. The molecule has 1 aromatic heterocycles. The summed E-state index contributed by atoms with van der Waals surface area (Å²) in [5, 5.41) is 2.84. The van der Waals surface area contributed by atoms with E-state index in [1.807, 2.05) is 19.9 Å². The number of aromatic nitrogens is 1. The maximum atomic E-state index is 12.1. The minimum atomic E-state index is -0.409. The van der Waals surface area contributed by atoms with Crippen LogP contribution in [0.2, 0.25) is 5.15 Å². The predicted octanol–water partition coefficient (Wildman–Crippen LogP) is 3.56. The lowest BCUT2D eigenvalue weighted by atomic mass is 10.0. The highest BCUT2D eigenvalue weighted by Gasteiger charge is 2.13. The fourth-order valence-electron chi connectivity index (χ4n) is 1.83. The van der Waals surface area contributed by atoms with E-state index in [9.17, 15) is 9.59 Å². The number of halogens is 1. The molecule has 0 unspecified atom stereocenters. The summed E-state index contributed by atoms with van der Waals surface area (Å²) in [5.41, 5.74) is 2.67. The second-order valence-corrected chi connectivity index (χ2v) is 5.18. The van der Waals surface area contributed by atoms with E-state index in [0.29, 0.717) is 11.4 Å². The molecule has 0 aliphatic heterocycles. The van der Waals surface area contributed by atoms with Crippen molar-refractivity contribution in [2.24, 2.45) is 0 Å². The Bertz CT molecular complexity index is 698. The number of nitrogens with zero attached hydrogens (tertiary/aromatic N) is 1. The van der Waals surface area contributed by atoms with Crippen LogP contribution in [0.4, 0.5) is 5.82 Å². The summed E-state index contributed by atoms with van der Waals surface area (Å²) in [7, 11) is 0. The Morgan fingerprint density at radius 2 is 1.90 bits per heavy atom. The number of hydrogen-bond donors (Lipinski definition) is 1. The minimum Gasteiger partial charge on any atom is -0.310 e. The van der Waals surface area contributed by atoms with Gasteiger partial charge in [-0.1, -0.05) is 29.8 Å². The number of pyridine rings is 1. The van der Waals surface area contributed by atoms with Crippen molar-refractivity contribution in [1.29, 1.82) is 0 Å². The van der Waals surface area contributed by atoms with Crippen molar-refractivity contribution in [3.8, 4) is 0 Å². The van der Waals surface area contributed by atoms with Crippen LogP contribution in [0.3, 0.4) is 0 Å². The smallest absolute Gasteiger partial charge is 0.233 e. The average Bonchev–Trinajstić information content (AvgIpc) is 2.41. The van der Waals surface area contributed by atoms with Gasteiger partial charge < -0.3 is 5.32 Å². The third-order valence-electron chi connectivity index (χ3n) is 3.13. The molecule has 0 saturated carbocycles. The molecule has 1 aromatic carbocycles. The summed E-state index contributed by atoms with van der Waals surface area (Å²) in [6.07, 6.45) is -0.226. The maximum absolute atomic E-state index is 12.1. The Kier molecular flexibility index (Phi) is 4.70.